The molecule has 1 saturated heterocycles. The Morgan fingerprint density at radius 3 is 2.48 bits per heavy atom. The summed E-state index contributed by atoms with van der Waals surface area (Å²) in [4.78, 5) is 4.88. The van der Waals surface area contributed by atoms with Crippen LogP contribution in [0.25, 0.3) is 0 Å². The summed E-state index contributed by atoms with van der Waals surface area (Å²) in [5, 5.41) is 21.2. The molecular formula is C21H32N6O3S. The predicted octanol–water partition coefficient (Wildman–Crippen LogP) is 1.17. The van der Waals surface area contributed by atoms with Crippen molar-refractivity contribution in [3.05, 3.63) is 47.8 Å². The Labute approximate surface area is 184 Å². The molecule has 1 aliphatic rings. The van der Waals surface area contributed by atoms with Gasteiger partial charge in [-0.25, -0.2) is 13.4 Å². The standard InChI is InChI=1S/C21H32N6O3S/c1-4-22-20(24-16-21(2,28)18-14-25-26(3)15-18)23-13-17-7-9-19(10-8-17)31(29,30)27-11-5-6-12-27/h7-10,14-15,28H,4-6,11-13,16H2,1-3H3,(H2,22,23,24). The summed E-state index contributed by atoms with van der Waals surface area (Å²) >= 11 is 0. The molecule has 0 aliphatic carbocycles. The molecule has 31 heavy (non-hydrogen) atoms. The van der Waals surface area contributed by atoms with E-state index >= 15 is 0 Å². The fourth-order valence-electron chi connectivity index (χ4n) is 3.41. The van der Waals surface area contributed by atoms with Gasteiger partial charge in [-0.05, 0) is 44.4 Å². The van der Waals surface area contributed by atoms with Gasteiger partial charge in [-0.1, -0.05) is 12.1 Å². The molecule has 1 aromatic heterocycles. The normalized spacial score (nSPS) is 17.5. The third-order valence-corrected chi connectivity index (χ3v) is 7.23. The zero-order chi connectivity index (χ0) is 22.5. The van der Waals surface area contributed by atoms with Gasteiger partial charge in [-0.3, -0.25) is 4.68 Å². The Kier molecular flexibility index (Phi) is 7.34. The first kappa shape index (κ1) is 23.2. The fourth-order valence-corrected chi connectivity index (χ4v) is 4.93. The molecule has 1 fully saturated rings. The molecule has 0 radical (unpaired) electrons. The van der Waals surface area contributed by atoms with Gasteiger partial charge in [0.2, 0.25) is 10.0 Å². The summed E-state index contributed by atoms with van der Waals surface area (Å²) in [5.74, 6) is 0.570. The molecule has 0 saturated carbocycles. The van der Waals surface area contributed by atoms with Crippen LogP contribution < -0.4 is 10.6 Å². The van der Waals surface area contributed by atoms with Crippen molar-refractivity contribution in [3.8, 4) is 0 Å². The number of hydrogen-bond acceptors (Lipinski definition) is 5. The second kappa shape index (κ2) is 9.80. The van der Waals surface area contributed by atoms with E-state index in [4.69, 9.17) is 0 Å². The van der Waals surface area contributed by atoms with Crippen LogP contribution in [0.5, 0.6) is 0 Å². The van der Waals surface area contributed by atoms with E-state index in [0.717, 1.165) is 18.4 Å². The number of aliphatic hydroxyl groups is 1. The molecular weight excluding hydrogens is 416 g/mol. The highest BCUT2D eigenvalue weighted by atomic mass is 32.2. The maximum absolute atomic E-state index is 12.6. The minimum Gasteiger partial charge on any atom is -0.383 e. The van der Waals surface area contributed by atoms with Gasteiger partial charge >= 0.3 is 0 Å². The number of aryl methyl sites for hydroxylation is 1. The highest BCUT2D eigenvalue weighted by Crippen LogP contribution is 2.21. The van der Waals surface area contributed by atoms with Crippen LogP contribution in [-0.2, 0) is 29.2 Å². The molecule has 10 heteroatoms. The van der Waals surface area contributed by atoms with E-state index in [9.17, 15) is 13.5 Å². The highest BCUT2D eigenvalue weighted by molar-refractivity contribution is 7.89. The number of benzene rings is 1. The van der Waals surface area contributed by atoms with Gasteiger partial charge in [0.05, 0.1) is 24.2 Å². The first-order valence-electron chi connectivity index (χ1n) is 10.5. The van der Waals surface area contributed by atoms with E-state index < -0.39 is 15.6 Å². The lowest BCUT2D eigenvalue weighted by Crippen LogP contribution is -2.44. The van der Waals surface area contributed by atoms with Crippen LogP contribution in [0.15, 0.2) is 46.5 Å². The zero-order valence-corrected chi connectivity index (χ0v) is 19.2. The summed E-state index contributed by atoms with van der Waals surface area (Å²) in [6.07, 6.45) is 5.26. The third kappa shape index (κ3) is 5.84. The van der Waals surface area contributed by atoms with Gasteiger partial charge in [-0.15, -0.1) is 0 Å². The fraction of sp³-hybridized carbons (Fsp3) is 0.524. The van der Waals surface area contributed by atoms with Crippen LogP contribution >= 0.6 is 0 Å². The van der Waals surface area contributed by atoms with Gasteiger partial charge in [0.25, 0.3) is 0 Å². The van der Waals surface area contributed by atoms with Crippen molar-refractivity contribution in [1.29, 1.82) is 0 Å². The van der Waals surface area contributed by atoms with Crippen molar-refractivity contribution >= 4 is 16.0 Å². The number of hydrogen-bond donors (Lipinski definition) is 3. The molecule has 0 amide bonds. The van der Waals surface area contributed by atoms with Gasteiger partial charge in [0, 0.05) is 38.4 Å². The molecule has 0 bridgehead atoms. The zero-order valence-electron chi connectivity index (χ0n) is 18.4. The molecule has 2 heterocycles. The largest absolute Gasteiger partial charge is 0.383 e. The summed E-state index contributed by atoms with van der Waals surface area (Å²) in [7, 11) is -1.60. The maximum Gasteiger partial charge on any atom is 0.243 e. The molecule has 3 rings (SSSR count). The van der Waals surface area contributed by atoms with Gasteiger partial charge < -0.3 is 15.7 Å². The quantitative estimate of drug-likeness (QED) is 0.413. The molecule has 1 atom stereocenters. The van der Waals surface area contributed by atoms with Crippen LogP contribution in [0.1, 0.15) is 37.8 Å². The number of nitrogens with zero attached hydrogens (tertiary/aromatic N) is 4. The second-order valence-electron chi connectivity index (χ2n) is 7.98. The minimum absolute atomic E-state index is 0.261. The molecule has 3 N–H and O–H groups in total. The second-order valence-corrected chi connectivity index (χ2v) is 9.92. The Balaban J connectivity index is 1.63. The molecule has 2 aromatic rings. The van der Waals surface area contributed by atoms with Gasteiger partial charge in [0.15, 0.2) is 5.96 Å². The van der Waals surface area contributed by atoms with E-state index in [1.807, 2.05) is 6.92 Å². The third-order valence-electron chi connectivity index (χ3n) is 5.32. The first-order chi connectivity index (χ1) is 14.7. The van der Waals surface area contributed by atoms with Gasteiger partial charge in [0.1, 0.15) is 5.60 Å². The molecule has 9 nitrogen and oxygen atoms in total. The maximum atomic E-state index is 12.6. The van der Waals surface area contributed by atoms with Crippen molar-refractivity contribution in [2.24, 2.45) is 12.0 Å². The van der Waals surface area contributed by atoms with Crippen LogP contribution in [0.2, 0.25) is 0 Å². The molecule has 0 spiro atoms. The van der Waals surface area contributed by atoms with Crippen LogP contribution in [0.4, 0.5) is 0 Å². The number of aliphatic imine (C=N–C) groups is 1. The average molecular weight is 449 g/mol. The van der Waals surface area contributed by atoms with Crippen molar-refractivity contribution in [1.82, 2.24) is 24.7 Å². The Morgan fingerprint density at radius 1 is 1.23 bits per heavy atom. The predicted molar refractivity (Wildman–Crippen MR) is 120 cm³/mol. The summed E-state index contributed by atoms with van der Waals surface area (Å²) in [6, 6.07) is 6.88. The van der Waals surface area contributed by atoms with E-state index in [1.54, 1.807) is 59.6 Å². The number of aromatic nitrogens is 2. The minimum atomic E-state index is -3.41. The first-order valence-corrected chi connectivity index (χ1v) is 12.0. The lowest BCUT2D eigenvalue weighted by atomic mass is 10.00. The Bertz CT molecular complexity index is 992. The Hall–Kier alpha value is -2.43. The van der Waals surface area contributed by atoms with Crippen LogP contribution in [-0.4, -0.2) is 59.7 Å². The van der Waals surface area contributed by atoms with Crippen LogP contribution in [0.3, 0.4) is 0 Å². The van der Waals surface area contributed by atoms with E-state index in [0.29, 0.717) is 42.6 Å². The van der Waals surface area contributed by atoms with E-state index in [1.165, 1.54) is 0 Å². The smallest absolute Gasteiger partial charge is 0.243 e. The number of nitrogens with one attached hydrogen (secondary N) is 2. The number of sulfonamides is 1. The molecule has 170 valence electrons. The van der Waals surface area contributed by atoms with Gasteiger partial charge in [-0.2, -0.15) is 9.40 Å². The summed E-state index contributed by atoms with van der Waals surface area (Å²) in [6.45, 7) is 6.19. The van der Waals surface area contributed by atoms with Crippen molar-refractivity contribution in [2.75, 3.05) is 26.2 Å². The number of guanidine groups is 1. The highest BCUT2D eigenvalue weighted by Gasteiger charge is 2.27. The molecule has 1 aromatic carbocycles. The van der Waals surface area contributed by atoms with Crippen molar-refractivity contribution in [3.63, 3.8) is 0 Å². The topological polar surface area (TPSA) is 112 Å². The van der Waals surface area contributed by atoms with E-state index in [-0.39, 0.29) is 6.54 Å². The molecule has 1 aliphatic heterocycles. The lowest BCUT2D eigenvalue weighted by Gasteiger charge is -2.23. The summed E-state index contributed by atoms with van der Waals surface area (Å²) < 4.78 is 28.5. The van der Waals surface area contributed by atoms with Crippen molar-refractivity contribution in [2.45, 2.75) is 43.7 Å². The van der Waals surface area contributed by atoms with Crippen LogP contribution in [0, 0.1) is 0 Å². The average Bonchev–Trinajstić information content (AvgIpc) is 3.43. The summed E-state index contributed by atoms with van der Waals surface area (Å²) in [5.41, 5.74) is 0.514. The SMILES string of the molecule is CCNC(=NCc1ccc(S(=O)(=O)N2CCCC2)cc1)NCC(C)(O)c1cnn(C)c1. The molecule has 1 unspecified atom stereocenters. The Morgan fingerprint density at radius 2 is 1.90 bits per heavy atom. The van der Waals surface area contributed by atoms with E-state index in [2.05, 4.69) is 20.7 Å². The lowest BCUT2D eigenvalue weighted by molar-refractivity contribution is 0.0616. The monoisotopic (exact) mass is 448 g/mol. The van der Waals surface area contributed by atoms with Crippen molar-refractivity contribution < 1.29 is 13.5 Å². The number of rotatable bonds is 8.